The average Bonchev–Trinajstić information content (AvgIpc) is 3.10. The zero-order chi connectivity index (χ0) is 31.5. The first-order valence-corrected chi connectivity index (χ1v) is 17.7. The highest BCUT2D eigenvalue weighted by Gasteiger charge is 2.51. The molecule has 0 unspecified atom stereocenters. The predicted octanol–water partition coefficient (Wildman–Crippen LogP) is 10.1. The van der Waals surface area contributed by atoms with Gasteiger partial charge in [-0.3, -0.25) is 0 Å². The fourth-order valence-corrected chi connectivity index (χ4v) is 9.47. The summed E-state index contributed by atoms with van der Waals surface area (Å²) in [5, 5.41) is 0. The number of hydrogen-bond acceptors (Lipinski definition) is 3. The fourth-order valence-electron chi connectivity index (χ4n) is 7.43. The van der Waals surface area contributed by atoms with Gasteiger partial charge in [-0.05, 0) is 47.2 Å². The smallest absolute Gasteiger partial charge is 0.0942 e. The molecule has 0 spiro atoms. The SMILES string of the molecule is c1ccc(C(SC(c2ccccc2)(c2ccccc2)c2ccccc2N2CCC2)(c2ccccc2)c2ccccc2N2CCC2)cc1. The van der Waals surface area contributed by atoms with Crippen LogP contribution < -0.4 is 9.80 Å². The lowest BCUT2D eigenvalue weighted by Crippen LogP contribution is -2.42. The second kappa shape index (κ2) is 12.8. The zero-order valence-electron chi connectivity index (χ0n) is 26.7. The van der Waals surface area contributed by atoms with Crippen LogP contribution in [0.5, 0.6) is 0 Å². The van der Waals surface area contributed by atoms with Crippen LogP contribution in [0.2, 0.25) is 0 Å². The molecule has 2 aliphatic rings. The highest BCUT2D eigenvalue weighted by Crippen LogP contribution is 2.63. The first-order chi connectivity index (χ1) is 23.3. The van der Waals surface area contributed by atoms with E-state index in [0.717, 1.165) is 26.2 Å². The molecule has 0 radical (unpaired) electrons. The predicted molar refractivity (Wildman–Crippen MR) is 200 cm³/mol. The number of anilines is 2. The lowest BCUT2D eigenvalue weighted by molar-refractivity contribution is 0.611. The minimum Gasteiger partial charge on any atom is -0.371 e. The molecule has 0 saturated carbocycles. The van der Waals surface area contributed by atoms with Crippen molar-refractivity contribution in [3.05, 3.63) is 203 Å². The number of benzene rings is 6. The van der Waals surface area contributed by atoms with Gasteiger partial charge in [0.1, 0.15) is 0 Å². The Bertz CT molecular complexity index is 1690. The lowest BCUT2D eigenvalue weighted by Gasteiger charge is -2.48. The van der Waals surface area contributed by atoms with Crippen molar-refractivity contribution in [2.75, 3.05) is 36.0 Å². The summed E-state index contributed by atoms with van der Waals surface area (Å²) >= 11 is 2.08. The molecule has 0 atom stereocenters. The Morgan fingerprint density at radius 1 is 0.340 bits per heavy atom. The Balaban J connectivity index is 1.52. The molecule has 47 heavy (non-hydrogen) atoms. The van der Waals surface area contributed by atoms with E-state index < -0.39 is 9.49 Å². The minimum atomic E-state index is -0.567. The molecule has 0 aromatic heterocycles. The molecule has 0 amide bonds. The number of para-hydroxylation sites is 2. The van der Waals surface area contributed by atoms with Crippen molar-refractivity contribution in [1.29, 1.82) is 0 Å². The van der Waals surface area contributed by atoms with Crippen LogP contribution in [0.1, 0.15) is 46.2 Å². The van der Waals surface area contributed by atoms with Crippen LogP contribution in [-0.4, -0.2) is 26.2 Å². The summed E-state index contributed by atoms with van der Waals surface area (Å²) < 4.78 is -1.13. The Hall–Kier alpha value is -4.73. The van der Waals surface area contributed by atoms with E-state index in [1.165, 1.54) is 57.6 Å². The van der Waals surface area contributed by atoms with Gasteiger partial charge in [-0.15, -0.1) is 11.8 Å². The monoisotopic (exact) mass is 628 g/mol. The summed E-state index contributed by atoms with van der Waals surface area (Å²) in [7, 11) is 0. The second-order valence-corrected chi connectivity index (χ2v) is 14.1. The Morgan fingerprint density at radius 2 is 0.617 bits per heavy atom. The van der Waals surface area contributed by atoms with Gasteiger partial charge >= 0.3 is 0 Å². The minimum absolute atomic E-state index is 0.567. The van der Waals surface area contributed by atoms with Crippen LogP contribution in [0, 0.1) is 0 Å². The molecule has 2 heterocycles. The highest BCUT2D eigenvalue weighted by atomic mass is 32.2. The molecule has 2 nitrogen and oxygen atoms in total. The van der Waals surface area contributed by atoms with Crippen molar-refractivity contribution in [3.8, 4) is 0 Å². The van der Waals surface area contributed by atoms with Crippen molar-refractivity contribution < 1.29 is 0 Å². The van der Waals surface area contributed by atoms with Gasteiger partial charge < -0.3 is 9.80 Å². The molecule has 0 bridgehead atoms. The Kier molecular flexibility index (Phi) is 8.09. The van der Waals surface area contributed by atoms with E-state index in [4.69, 9.17) is 0 Å². The van der Waals surface area contributed by atoms with Gasteiger partial charge in [0.15, 0.2) is 0 Å². The van der Waals surface area contributed by atoms with Gasteiger partial charge in [0.2, 0.25) is 0 Å². The number of hydrogen-bond donors (Lipinski definition) is 0. The van der Waals surface area contributed by atoms with Gasteiger partial charge in [-0.25, -0.2) is 0 Å². The van der Waals surface area contributed by atoms with E-state index in [-0.39, 0.29) is 0 Å². The molecule has 6 aromatic rings. The van der Waals surface area contributed by atoms with Gasteiger partial charge in [0, 0.05) is 48.7 Å². The molecule has 232 valence electrons. The summed E-state index contributed by atoms with van der Waals surface area (Å²) in [5.74, 6) is 0. The van der Waals surface area contributed by atoms with E-state index in [2.05, 4.69) is 191 Å². The topological polar surface area (TPSA) is 6.48 Å². The van der Waals surface area contributed by atoms with Crippen molar-refractivity contribution in [2.45, 2.75) is 22.3 Å². The molecule has 2 aliphatic heterocycles. The summed E-state index contributed by atoms with van der Waals surface area (Å²) in [6.45, 7) is 4.34. The van der Waals surface area contributed by atoms with Crippen molar-refractivity contribution in [3.63, 3.8) is 0 Å². The fraction of sp³-hybridized carbons (Fsp3) is 0.182. The van der Waals surface area contributed by atoms with Crippen LogP contribution in [0.4, 0.5) is 11.4 Å². The largest absolute Gasteiger partial charge is 0.371 e. The van der Waals surface area contributed by atoms with E-state index in [1.807, 2.05) is 0 Å². The maximum atomic E-state index is 2.57. The van der Waals surface area contributed by atoms with E-state index in [0.29, 0.717) is 0 Å². The molecule has 0 aliphatic carbocycles. The maximum Gasteiger partial charge on any atom is 0.0942 e. The molecule has 2 saturated heterocycles. The molecule has 2 fully saturated rings. The number of nitrogens with zero attached hydrogens (tertiary/aromatic N) is 2. The summed E-state index contributed by atoms with van der Waals surface area (Å²) in [6.07, 6.45) is 2.46. The molecule has 3 heteroatoms. The summed E-state index contributed by atoms with van der Waals surface area (Å²) in [6, 6.07) is 63.4. The van der Waals surface area contributed by atoms with E-state index in [1.54, 1.807) is 0 Å². The van der Waals surface area contributed by atoms with Gasteiger partial charge in [-0.2, -0.15) is 0 Å². The van der Waals surface area contributed by atoms with Gasteiger partial charge in [-0.1, -0.05) is 158 Å². The number of rotatable bonds is 10. The molecular weight excluding hydrogens is 589 g/mol. The maximum absolute atomic E-state index is 2.57. The number of thioether (sulfide) groups is 1. The molecule has 8 rings (SSSR count). The third-order valence-corrected chi connectivity index (χ3v) is 12.0. The first kappa shape index (κ1) is 29.7. The summed E-state index contributed by atoms with van der Waals surface area (Å²) in [4.78, 5) is 5.13. The Labute approximate surface area is 283 Å². The van der Waals surface area contributed by atoms with Crippen molar-refractivity contribution >= 4 is 23.1 Å². The molecular formula is C44H40N2S. The second-order valence-electron chi connectivity index (χ2n) is 12.6. The third-order valence-electron chi connectivity index (χ3n) is 9.99. The van der Waals surface area contributed by atoms with Gasteiger partial charge in [0.05, 0.1) is 9.49 Å². The van der Waals surface area contributed by atoms with Crippen LogP contribution in [0.3, 0.4) is 0 Å². The van der Waals surface area contributed by atoms with E-state index in [9.17, 15) is 0 Å². The van der Waals surface area contributed by atoms with Gasteiger partial charge in [0.25, 0.3) is 0 Å². The lowest BCUT2D eigenvalue weighted by atomic mass is 9.81. The average molecular weight is 629 g/mol. The van der Waals surface area contributed by atoms with Crippen LogP contribution in [-0.2, 0) is 9.49 Å². The standard InChI is InChI=1S/C44H40N2S/c1-5-19-35(20-6-1)43(36-21-7-2-8-22-36,39-27-13-15-29-41(39)45-31-17-32-45)47-44(37-23-9-3-10-24-37,38-25-11-4-12-26-38)40-28-14-16-30-42(40)46-33-18-34-46/h1-16,19-30H,17-18,31-34H2. The highest BCUT2D eigenvalue weighted by molar-refractivity contribution is 8.02. The Morgan fingerprint density at radius 3 is 0.894 bits per heavy atom. The molecule has 6 aromatic carbocycles. The zero-order valence-corrected chi connectivity index (χ0v) is 27.5. The third kappa shape index (κ3) is 5.14. The van der Waals surface area contributed by atoms with Crippen molar-refractivity contribution in [2.24, 2.45) is 0 Å². The van der Waals surface area contributed by atoms with Crippen LogP contribution in [0.15, 0.2) is 170 Å². The molecule has 0 N–H and O–H groups in total. The van der Waals surface area contributed by atoms with Crippen molar-refractivity contribution in [1.82, 2.24) is 0 Å². The van der Waals surface area contributed by atoms with Crippen LogP contribution >= 0.6 is 11.8 Å². The normalized spacial score (nSPS) is 14.7. The van der Waals surface area contributed by atoms with E-state index >= 15 is 0 Å². The summed E-state index contributed by atoms with van der Waals surface area (Å²) in [5.41, 5.74) is 10.4. The first-order valence-electron chi connectivity index (χ1n) is 16.9. The van der Waals surface area contributed by atoms with Crippen LogP contribution in [0.25, 0.3) is 0 Å². The quantitative estimate of drug-likeness (QED) is 0.139.